The van der Waals surface area contributed by atoms with Gasteiger partial charge in [0.25, 0.3) is 0 Å². The molecule has 0 bridgehead atoms. The zero-order chi connectivity index (χ0) is 18.1. The van der Waals surface area contributed by atoms with Crippen molar-refractivity contribution in [1.29, 1.82) is 0 Å². The first-order valence-electron chi connectivity index (χ1n) is 8.75. The van der Waals surface area contributed by atoms with Crippen LogP contribution in [0.25, 0.3) is 0 Å². The Morgan fingerprint density at radius 3 is 2.65 bits per heavy atom. The number of fused-ring (bicyclic) bond motifs is 1. The number of aromatic hydroxyl groups is 1. The van der Waals surface area contributed by atoms with Gasteiger partial charge in [-0.25, -0.2) is 8.78 Å². The Hall–Kier alpha value is -2.66. The molecule has 26 heavy (non-hydrogen) atoms. The zero-order valence-corrected chi connectivity index (χ0v) is 14.3. The molecule has 1 atom stereocenters. The second kappa shape index (κ2) is 6.92. The summed E-state index contributed by atoms with van der Waals surface area (Å²) in [4.78, 5) is 2.10. The van der Waals surface area contributed by atoms with E-state index in [2.05, 4.69) is 9.47 Å². The topological polar surface area (TPSA) is 28.4 Å². The van der Waals surface area contributed by atoms with Crippen LogP contribution in [0.2, 0.25) is 0 Å². The first-order valence-corrected chi connectivity index (χ1v) is 8.75. The van der Waals surface area contributed by atoms with E-state index in [-0.39, 0.29) is 5.75 Å². The van der Waals surface area contributed by atoms with Crippen molar-refractivity contribution in [2.75, 3.05) is 6.54 Å². The third-order valence-corrected chi connectivity index (χ3v) is 5.00. The number of aryl methyl sites for hydroxylation is 1. The summed E-state index contributed by atoms with van der Waals surface area (Å²) in [5, 5.41) is 10.2. The summed E-state index contributed by atoms with van der Waals surface area (Å²) in [6.07, 6.45) is 2.87. The van der Waals surface area contributed by atoms with Gasteiger partial charge in [-0.15, -0.1) is 0 Å². The van der Waals surface area contributed by atoms with Crippen LogP contribution in [0.3, 0.4) is 0 Å². The van der Waals surface area contributed by atoms with Gasteiger partial charge in [-0.1, -0.05) is 30.3 Å². The molecule has 0 unspecified atom stereocenters. The number of para-hydroxylation sites is 1. The number of phenols is 1. The highest BCUT2D eigenvalue weighted by Crippen LogP contribution is 2.35. The fourth-order valence-electron chi connectivity index (χ4n) is 3.76. The summed E-state index contributed by atoms with van der Waals surface area (Å²) in [6.45, 7) is 2.00. The maximum Gasteiger partial charge on any atom is 0.163 e. The molecular formula is C21H20F2N2O. The lowest BCUT2D eigenvalue weighted by molar-refractivity contribution is 0.213. The van der Waals surface area contributed by atoms with Crippen LogP contribution in [0, 0.1) is 11.6 Å². The molecule has 3 nitrogen and oxygen atoms in total. The van der Waals surface area contributed by atoms with E-state index in [4.69, 9.17) is 0 Å². The summed E-state index contributed by atoms with van der Waals surface area (Å²) in [7, 11) is 0. The third kappa shape index (κ3) is 2.99. The lowest BCUT2D eigenvalue weighted by atomic mass is 10.00. The number of aromatic nitrogens is 1. The molecule has 0 saturated heterocycles. The van der Waals surface area contributed by atoms with Crippen molar-refractivity contribution in [2.45, 2.75) is 25.6 Å². The van der Waals surface area contributed by atoms with Crippen molar-refractivity contribution in [3.8, 4) is 5.75 Å². The molecule has 2 aromatic carbocycles. The lowest BCUT2D eigenvalue weighted by Gasteiger charge is -2.31. The second-order valence-corrected chi connectivity index (χ2v) is 6.62. The average Bonchev–Trinajstić information content (AvgIpc) is 3.02. The number of phenolic OH excluding ortho intramolecular Hbond substituents is 1. The van der Waals surface area contributed by atoms with Crippen molar-refractivity contribution in [2.24, 2.45) is 0 Å². The van der Waals surface area contributed by atoms with Crippen LogP contribution in [0.4, 0.5) is 8.78 Å². The van der Waals surface area contributed by atoms with E-state index in [1.54, 1.807) is 24.3 Å². The lowest BCUT2D eigenvalue weighted by Crippen LogP contribution is -2.30. The van der Waals surface area contributed by atoms with Crippen LogP contribution in [0.5, 0.6) is 5.75 Å². The number of nitrogens with zero attached hydrogens (tertiary/aromatic N) is 2. The Kier molecular flexibility index (Phi) is 4.47. The minimum atomic E-state index is -0.840. The van der Waals surface area contributed by atoms with Crippen LogP contribution in [0.15, 0.2) is 60.8 Å². The largest absolute Gasteiger partial charge is 0.508 e. The molecule has 0 amide bonds. The molecule has 0 saturated carbocycles. The Balaban J connectivity index is 1.81. The van der Waals surface area contributed by atoms with Gasteiger partial charge < -0.3 is 9.67 Å². The smallest absolute Gasteiger partial charge is 0.163 e. The summed E-state index contributed by atoms with van der Waals surface area (Å²) in [6, 6.07) is 15.0. The summed E-state index contributed by atoms with van der Waals surface area (Å²) < 4.78 is 30.7. The molecule has 1 aromatic heterocycles. The van der Waals surface area contributed by atoms with Gasteiger partial charge in [0.2, 0.25) is 0 Å². The summed E-state index contributed by atoms with van der Waals surface area (Å²) in [5.74, 6) is -1.44. The van der Waals surface area contributed by atoms with Crippen LogP contribution in [0.1, 0.15) is 29.3 Å². The van der Waals surface area contributed by atoms with Crippen LogP contribution in [-0.4, -0.2) is 21.1 Å². The van der Waals surface area contributed by atoms with Crippen molar-refractivity contribution >= 4 is 0 Å². The highest BCUT2D eigenvalue weighted by molar-refractivity contribution is 5.34. The van der Waals surface area contributed by atoms with E-state index in [1.807, 2.05) is 30.5 Å². The van der Waals surface area contributed by atoms with Gasteiger partial charge in [0.1, 0.15) is 5.75 Å². The molecule has 5 heteroatoms. The van der Waals surface area contributed by atoms with Crippen LogP contribution in [-0.2, 0) is 13.1 Å². The summed E-state index contributed by atoms with van der Waals surface area (Å²) >= 11 is 0. The van der Waals surface area contributed by atoms with E-state index in [1.165, 1.54) is 0 Å². The van der Waals surface area contributed by atoms with Gasteiger partial charge in [0.15, 0.2) is 11.6 Å². The molecule has 4 rings (SSSR count). The standard InChI is InChI=1S/C21H20F2N2O/c22-17-8-3-7-16(20(17)23)21-18-9-4-11-24(18)12-5-13-25(21)14-15-6-1-2-10-19(15)26/h1-4,6-11,21,26H,5,12-14H2/t21-/m1/s1. The van der Waals surface area contributed by atoms with Gasteiger partial charge >= 0.3 is 0 Å². The molecule has 0 aliphatic carbocycles. The molecule has 134 valence electrons. The predicted molar refractivity (Wildman–Crippen MR) is 95.8 cm³/mol. The molecule has 1 N–H and O–H groups in total. The Labute approximate surface area is 151 Å². The normalized spacial score (nSPS) is 17.7. The van der Waals surface area contributed by atoms with Gasteiger partial charge in [0, 0.05) is 42.7 Å². The van der Waals surface area contributed by atoms with Gasteiger partial charge in [-0.3, -0.25) is 4.90 Å². The van der Waals surface area contributed by atoms with Gasteiger partial charge in [0.05, 0.1) is 6.04 Å². The first kappa shape index (κ1) is 16.8. The van der Waals surface area contributed by atoms with E-state index < -0.39 is 17.7 Å². The summed E-state index contributed by atoms with van der Waals surface area (Å²) in [5.41, 5.74) is 2.03. The highest BCUT2D eigenvalue weighted by atomic mass is 19.2. The van der Waals surface area contributed by atoms with E-state index in [0.29, 0.717) is 12.1 Å². The first-order chi connectivity index (χ1) is 12.6. The SMILES string of the molecule is Oc1ccccc1CN1CCCn2cccc2[C@H]1c1cccc(F)c1F. The van der Waals surface area contributed by atoms with Gasteiger partial charge in [-0.2, -0.15) is 0 Å². The van der Waals surface area contributed by atoms with Crippen molar-refractivity contribution in [1.82, 2.24) is 9.47 Å². The predicted octanol–water partition coefficient (Wildman–Crippen LogP) is 4.47. The average molecular weight is 354 g/mol. The fourth-order valence-corrected chi connectivity index (χ4v) is 3.76. The fraction of sp³-hybridized carbons (Fsp3) is 0.238. The number of halogens is 2. The molecule has 1 aliphatic heterocycles. The number of benzene rings is 2. The zero-order valence-electron chi connectivity index (χ0n) is 14.3. The second-order valence-electron chi connectivity index (χ2n) is 6.62. The van der Waals surface area contributed by atoms with Crippen LogP contribution < -0.4 is 0 Å². The van der Waals surface area contributed by atoms with Gasteiger partial charge in [-0.05, 0) is 30.7 Å². The molecule has 2 heterocycles. The maximum absolute atomic E-state index is 14.7. The van der Waals surface area contributed by atoms with Crippen molar-refractivity contribution in [3.05, 3.63) is 89.2 Å². The molecule has 0 spiro atoms. The molecule has 3 aromatic rings. The minimum absolute atomic E-state index is 0.214. The van der Waals surface area contributed by atoms with Crippen molar-refractivity contribution in [3.63, 3.8) is 0 Å². The number of rotatable bonds is 3. The van der Waals surface area contributed by atoms with Crippen LogP contribution >= 0.6 is 0 Å². The molecule has 0 radical (unpaired) electrons. The van der Waals surface area contributed by atoms with E-state index in [9.17, 15) is 13.9 Å². The van der Waals surface area contributed by atoms with Crippen molar-refractivity contribution < 1.29 is 13.9 Å². The number of hydrogen-bond acceptors (Lipinski definition) is 2. The Bertz CT molecular complexity index is 922. The Morgan fingerprint density at radius 1 is 0.962 bits per heavy atom. The molecule has 0 fully saturated rings. The maximum atomic E-state index is 14.7. The third-order valence-electron chi connectivity index (χ3n) is 5.00. The van der Waals surface area contributed by atoms with E-state index >= 15 is 0 Å². The number of hydrogen-bond donors (Lipinski definition) is 1. The monoisotopic (exact) mass is 354 g/mol. The molecular weight excluding hydrogens is 334 g/mol. The quantitative estimate of drug-likeness (QED) is 0.752. The molecule has 1 aliphatic rings. The minimum Gasteiger partial charge on any atom is -0.508 e. The van der Waals surface area contributed by atoms with E-state index in [0.717, 1.165) is 36.8 Å². The highest BCUT2D eigenvalue weighted by Gasteiger charge is 2.30. The Morgan fingerprint density at radius 2 is 1.81 bits per heavy atom.